The Kier molecular flexibility index (Phi) is 5.84. The van der Waals surface area contributed by atoms with Gasteiger partial charge in [-0.2, -0.15) is 0 Å². The minimum atomic E-state index is -4.09. The zero-order valence-electron chi connectivity index (χ0n) is 20.3. The average molecular weight is 527 g/mol. The normalized spacial score (nSPS) is 15.8. The summed E-state index contributed by atoms with van der Waals surface area (Å²) in [5.74, 6) is -1.36. The lowest BCUT2D eigenvalue weighted by Gasteiger charge is -2.29. The van der Waals surface area contributed by atoms with Crippen molar-refractivity contribution < 1.29 is 22.4 Å². The number of halogens is 1. The number of hydrogen-bond donors (Lipinski definition) is 0. The second kappa shape index (κ2) is 9.22. The van der Waals surface area contributed by atoms with E-state index in [2.05, 4.69) is 0 Å². The molecule has 0 aliphatic carbocycles. The summed E-state index contributed by atoms with van der Waals surface area (Å²) in [5, 5.41) is 0. The van der Waals surface area contributed by atoms with Gasteiger partial charge in [0.15, 0.2) is 0 Å². The summed E-state index contributed by atoms with van der Waals surface area (Å²) < 4.78 is 42.0. The number of nitrogens with zero attached hydrogens (tertiary/aromatic N) is 2. The summed E-state index contributed by atoms with van der Waals surface area (Å²) >= 11 is 0. The van der Waals surface area contributed by atoms with Crippen LogP contribution in [-0.2, 0) is 29.3 Å². The fourth-order valence-corrected chi connectivity index (χ4v) is 6.78. The number of benzene rings is 4. The van der Waals surface area contributed by atoms with Crippen molar-refractivity contribution in [3.05, 3.63) is 125 Å². The van der Waals surface area contributed by atoms with Gasteiger partial charge >= 0.3 is 0 Å². The van der Waals surface area contributed by atoms with Gasteiger partial charge in [0.2, 0.25) is 9.84 Å². The predicted octanol–water partition coefficient (Wildman–Crippen LogP) is 5.02. The molecule has 0 saturated carbocycles. The molecule has 2 aliphatic heterocycles. The van der Waals surface area contributed by atoms with Gasteiger partial charge in [0.05, 0.1) is 27.6 Å². The largest absolute Gasteiger partial charge is 0.334 e. The SMILES string of the molecule is O=C(c1ccc2c(c1)N(Cc1ccccc1F)C(=O)c1ccccc1S2(=O)=O)N1CCc2ccccc2C1. The van der Waals surface area contributed by atoms with Gasteiger partial charge in [-0.3, -0.25) is 9.59 Å². The number of carbonyl (C=O) groups is 2. The molecule has 190 valence electrons. The molecule has 0 spiro atoms. The Morgan fingerprint density at radius 2 is 1.55 bits per heavy atom. The molecular formula is C30H23FN2O4S. The van der Waals surface area contributed by atoms with Gasteiger partial charge in [0.25, 0.3) is 11.8 Å². The highest BCUT2D eigenvalue weighted by molar-refractivity contribution is 7.91. The zero-order chi connectivity index (χ0) is 26.4. The molecule has 4 aromatic rings. The Morgan fingerprint density at radius 3 is 2.37 bits per heavy atom. The highest BCUT2D eigenvalue weighted by Crippen LogP contribution is 2.38. The highest BCUT2D eigenvalue weighted by Gasteiger charge is 2.36. The third-order valence-corrected chi connectivity index (χ3v) is 9.00. The molecule has 2 amide bonds. The average Bonchev–Trinajstić information content (AvgIpc) is 3.01. The van der Waals surface area contributed by atoms with Crippen LogP contribution in [-0.4, -0.2) is 31.7 Å². The molecule has 0 fully saturated rings. The summed E-state index contributed by atoms with van der Waals surface area (Å²) in [5.41, 5.74) is 2.81. The number of anilines is 1. The lowest BCUT2D eigenvalue weighted by molar-refractivity contribution is 0.0734. The van der Waals surface area contributed by atoms with Crippen molar-refractivity contribution in [1.29, 1.82) is 0 Å². The van der Waals surface area contributed by atoms with Crippen molar-refractivity contribution in [2.24, 2.45) is 0 Å². The molecular weight excluding hydrogens is 503 g/mol. The molecule has 6 nitrogen and oxygen atoms in total. The fraction of sp³-hybridized carbons (Fsp3) is 0.133. The van der Waals surface area contributed by atoms with Crippen LogP contribution in [0.1, 0.15) is 37.4 Å². The van der Waals surface area contributed by atoms with E-state index in [1.807, 2.05) is 24.3 Å². The Hall–Kier alpha value is -4.30. The molecule has 0 saturated heterocycles. The summed E-state index contributed by atoms with van der Waals surface area (Å²) in [6, 6.07) is 24.3. The van der Waals surface area contributed by atoms with E-state index in [1.54, 1.807) is 35.2 Å². The lowest BCUT2D eigenvalue weighted by atomic mass is 9.99. The Morgan fingerprint density at radius 1 is 0.842 bits per heavy atom. The van der Waals surface area contributed by atoms with Crippen LogP contribution in [0.25, 0.3) is 0 Å². The van der Waals surface area contributed by atoms with E-state index in [0.717, 1.165) is 5.56 Å². The summed E-state index contributed by atoms with van der Waals surface area (Å²) in [6.07, 6.45) is 0.717. The van der Waals surface area contributed by atoms with Gasteiger partial charge in [-0.1, -0.05) is 54.6 Å². The van der Waals surface area contributed by atoms with E-state index in [-0.39, 0.29) is 44.6 Å². The maximum absolute atomic E-state index is 14.7. The van der Waals surface area contributed by atoms with Crippen molar-refractivity contribution in [2.45, 2.75) is 29.3 Å². The quantitative estimate of drug-likeness (QED) is 0.376. The van der Waals surface area contributed by atoms with Gasteiger partial charge in [0, 0.05) is 24.2 Å². The number of hydrogen-bond acceptors (Lipinski definition) is 4. The first-order valence-electron chi connectivity index (χ1n) is 12.2. The lowest BCUT2D eigenvalue weighted by Crippen LogP contribution is -2.36. The van der Waals surface area contributed by atoms with Crippen molar-refractivity contribution in [2.75, 3.05) is 11.4 Å². The van der Waals surface area contributed by atoms with E-state index in [1.165, 1.54) is 46.9 Å². The van der Waals surface area contributed by atoms with E-state index in [9.17, 15) is 22.4 Å². The molecule has 0 N–H and O–H groups in total. The van der Waals surface area contributed by atoms with E-state index >= 15 is 0 Å². The molecule has 2 heterocycles. The molecule has 0 atom stereocenters. The fourth-order valence-electron chi connectivity index (χ4n) is 5.15. The molecule has 8 heteroatoms. The van der Waals surface area contributed by atoms with E-state index in [4.69, 9.17) is 0 Å². The standard InChI is InChI=1S/C30H23FN2O4S/c31-25-11-5-3-9-23(25)19-33-26-17-21(29(34)32-16-15-20-7-1-2-8-22(20)18-32)13-14-28(26)38(36,37)27-12-6-4-10-24(27)30(33)35/h1-14,17H,15-16,18-19H2. The second-order valence-corrected chi connectivity index (χ2v) is 11.3. The molecule has 6 rings (SSSR count). The highest BCUT2D eigenvalue weighted by atomic mass is 32.2. The molecule has 0 aromatic heterocycles. The molecule has 2 aliphatic rings. The van der Waals surface area contributed by atoms with E-state index < -0.39 is 21.6 Å². The summed E-state index contributed by atoms with van der Waals surface area (Å²) in [6.45, 7) is 0.763. The number of amides is 2. The molecule has 4 aromatic carbocycles. The van der Waals surface area contributed by atoms with Crippen LogP contribution in [0.4, 0.5) is 10.1 Å². The van der Waals surface area contributed by atoms with Crippen molar-refractivity contribution in [3.8, 4) is 0 Å². The summed E-state index contributed by atoms with van der Waals surface area (Å²) in [4.78, 5) is 30.1. The number of carbonyl (C=O) groups excluding carboxylic acids is 2. The van der Waals surface area contributed by atoms with Crippen LogP contribution in [0.3, 0.4) is 0 Å². The third-order valence-electron chi connectivity index (χ3n) is 7.14. The van der Waals surface area contributed by atoms with Gasteiger partial charge in [-0.15, -0.1) is 0 Å². The van der Waals surface area contributed by atoms with Crippen LogP contribution in [0.15, 0.2) is 101 Å². The van der Waals surface area contributed by atoms with Crippen molar-refractivity contribution >= 4 is 27.3 Å². The number of sulfone groups is 1. The minimum absolute atomic E-state index is 0.000512. The first kappa shape index (κ1) is 24.1. The van der Waals surface area contributed by atoms with Gasteiger partial charge in [-0.05, 0) is 53.9 Å². The van der Waals surface area contributed by atoms with Crippen LogP contribution in [0.2, 0.25) is 0 Å². The van der Waals surface area contributed by atoms with Crippen LogP contribution < -0.4 is 4.90 Å². The van der Waals surface area contributed by atoms with Crippen molar-refractivity contribution in [1.82, 2.24) is 4.90 Å². The molecule has 38 heavy (non-hydrogen) atoms. The Labute approximate surface area is 219 Å². The van der Waals surface area contributed by atoms with Gasteiger partial charge in [0.1, 0.15) is 5.82 Å². The van der Waals surface area contributed by atoms with E-state index in [0.29, 0.717) is 19.5 Å². The topological polar surface area (TPSA) is 74.8 Å². The first-order chi connectivity index (χ1) is 18.3. The zero-order valence-corrected chi connectivity index (χ0v) is 21.1. The Balaban J connectivity index is 1.47. The van der Waals surface area contributed by atoms with Crippen LogP contribution in [0, 0.1) is 5.82 Å². The molecule has 0 unspecified atom stereocenters. The number of rotatable bonds is 3. The van der Waals surface area contributed by atoms with Crippen LogP contribution in [0.5, 0.6) is 0 Å². The van der Waals surface area contributed by atoms with Crippen LogP contribution >= 0.6 is 0 Å². The summed E-state index contributed by atoms with van der Waals surface area (Å²) in [7, 11) is -4.09. The predicted molar refractivity (Wildman–Crippen MR) is 140 cm³/mol. The third kappa shape index (κ3) is 3.97. The molecule has 0 radical (unpaired) electrons. The van der Waals surface area contributed by atoms with Gasteiger partial charge in [-0.25, -0.2) is 12.8 Å². The Bertz CT molecular complexity index is 1720. The number of fused-ring (bicyclic) bond motifs is 3. The smallest absolute Gasteiger partial charge is 0.259 e. The molecule has 0 bridgehead atoms. The van der Waals surface area contributed by atoms with Crippen molar-refractivity contribution in [3.63, 3.8) is 0 Å². The maximum atomic E-state index is 14.7. The monoisotopic (exact) mass is 526 g/mol. The van der Waals surface area contributed by atoms with Gasteiger partial charge < -0.3 is 9.80 Å². The second-order valence-electron chi connectivity index (χ2n) is 9.41. The first-order valence-corrected chi connectivity index (χ1v) is 13.7. The minimum Gasteiger partial charge on any atom is -0.334 e. The maximum Gasteiger partial charge on any atom is 0.259 e.